The van der Waals surface area contributed by atoms with E-state index in [2.05, 4.69) is 11.8 Å². The van der Waals surface area contributed by atoms with Gasteiger partial charge in [-0.25, -0.2) is 0 Å². The van der Waals surface area contributed by atoms with E-state index in [1.165, 1.54) is 0 Å². The summed E-state index contributed by atoms with van der Waals surface area (Å²) in [6.07, 6.45) is 1.92. The van der Waals surface area contributed by atoms with Gasteiger partial charge in [0.1, 0.15) is 0 Å². The maximum atomic E-state index is 11.9. The minimum atomic E-state index is -1.04. The number of rotatable bonds is 6. The number of nitrogens with zero attached hydrogens (tertiary/aromatic N) is 2. The zero-order chi connectivity index (χ0) is 13.7. The molecule has 3 N–H and O–H groups in total. The molecule has 0 spiro atoms. The van der Waals surface area contributed by atoms with Gasteiger partial charge in [-0.1, -0.05) is 6.92 Å². The van der Waals surface area contributed by atoms with Crippen molar-refractivity contribution in [1.29, 1.82) is 0 Å². The molecule has 0 aromatic heterocycles. The normalized spacial score (nSPS) is 21.8. The van der Waals surface area contributed by atoms with E-state index in [9.17, 15) is 9.59 Å². The molecule has 18 heavy (non-hydrogen) atoms. The second kappa shape index (κ2) is 6.70. The van der Waals surface area contributed by atoms with E-state index >= 15 is 0 Å². The Balaban J connectivity index is 2.46. The molecule has 1 amide bonds. The van der Waals surface area contributed by atoms with E-state index < -0.39 is 12.0 Å². The summed E-state index contributed by atoms with van der Waals surface area (Å²) in [6.45, 7) is 4.79. The minimum absolute atomic E-state index is 0.291. The van der Waals surface area contributed by atoms with Crippen molar-refractivity contribution in [2.24, 2.45) is 5.73 Å². The number of amides is 1. The monoisotopic (exact) mass is 257 g/mol. The number of carbonyl (C=O) groups is 2. The Morgan fingerprint density at radius 3 is 2.78 bits per heavy atom. The number of aliphatic carboxylic acids is 1. The zero-order valence-electron chi connectivity index (χ0n) is 11.1. The predicted octanol–water partition coefficient (Wildman–Crippen LogP) is -0.269. The molecule has 104 valence electrons. The second-order valence-electron chi connectivity index (χ2n) is 4.85. The van der Waals surface area contributed by atoms with Crippen LogP contribution in [-0.2, 0) is 9.59 Å². The Hall–Kier alpha value is -1.14. The molecule has 2 atom stereocenters. The van der Waals surface area contributed by atoms with Crippen LogP contribution in [0, 0.1) is 0 Å². The molecular weight excluding hydrogens is 234 g/mol. The molecule has 2 unspecified atom stereocenters. The largest absolute Gasteiger partial charge is 0.481 e. The van der Waals surface area contributed by atoms with Crippen LogP contribution in [0.5, 0.6) is 0 Å². The van der Waals surface area contributed by atoms with Gasteiger partial charge in [0, 0.05) is 19.6 Å². The zero-order valence-corrected chi connectivity index (χ0v) is 11.1. The Kier molecular flexibility index (Phi) is 5.55. The number of carboxylic acids is 1. The summed E-state index contributed by atoms with van der Waals surface area (Å²) in [7, 11) is 1.69. The molecule has 0 aromatic carbocycles. The minimum Gasteiger partial charge on any atom is -0.481 e. The molecule has 1 heterocycles. The summed E-state index contributed by atoms with van der Waals surface area (Å²) < 4.78 is 0. The lowest BCUT2D eigenvalue weighted by Gasteiger charge is -2.29. The highest BCUT2D eigenvalue weighted by Gasteiger charge is 2.27. The number of nitrogens with two attached hydrogens (primary N) is 1. The van der Waals surface area contributed by atoms with E-state index in [0.717, 1.165) is 25.9 Å². The summed E-state index contributed by atoms with van der Waals surface area (Å²) >= 11 is 0. The van der Waals surface area contributed by atoms with Gasteiger partial charge in [0.05, 0.1) is 12.5 Å². The first kappa shape index (κ1) is 14.9. The van der Waals surface area contributed by atoms with Crippen LogP contribution >= 0.6 is 0 Å². The van der Waals surface area contributed by atoms with E-state index in [4.69, 9.17) is 10.8 Å². The average Bonchev–Trinajstić information content (AvgIpc) is 2.74. The molecule has 1 fully saturated rings. The van der Waals surface area contributed by atoms with Gasteiger partial charge in [0.15, 0.2) is 0 Å². The number of carbonyl (C=O) groups excluding carboxylic acids is 1. The SMILES string of the molecule is CCN1CCCC1CN(C)C(=O)C(N)CC(=O)O. The number of carboxylic acid groups (broad SMARTS) is 1. The third kappa shape index (κ3) is 3.96. The van der Waals surface area contributed by atoms with Crippen LogP contribution in [0.1, 0.15) is 26.2 Å². The maximum absolute atomic E-state index is 11.9. The Bertz CT molecular complexity index is 309. The van der Waals surface area contributed by atoms with Crippen LogP contribution in [0.25, 0.3) is 0 Å². The summed E-state index contributed by atoms with van der Waals surface area (Å²) in [5.41, 5.74) is 5.57. The van der Waals surface area contributed by atoms with Crippen molar-refractivity contribution >= 4 is 11.9 Å². The van der Waals surface area contributed by atoms with Crippen molar-refractivity contribution in [3.63, 3.8) is 0 Å². The lowest BCUT2D eigenvalue weighted by atomic mass is 10.1. The van der Waals surface area contributed by atoms with E-state index in [1.54, 1.807) is 11.9 Å². The fourth-order valence-corrected chi connectivity index (χ4v) is 2.48. The highest BCUT2D eigenvalue weighted by molar-refractivity contribution is 5.85. The lowest BCUT2D eigenvalue weighted by molar-refractivity contribution is -0.141. The Labute approximate surface area is 108 Å². The molecule has 1 rings (SSSR count). The first-order chi connectivity index (χ1) is 8.45. The summed E-state index contributed by atoms with van der Waals surface area (Å²) in [5, 5.41) is 8.62. The second-order valence-corrected chi connectivity index (χ2v) is 4.85. The Morgan fingerprint density at radius 2 is 2.22 bits per heavy atom. The van der Waals surface area contributed by atoms with Crippen molar-refractivity contribution in [3.8, 4) is 0 Å². The first-order valence-corrected chi connectivity index (χ1v) is 6.42. The van der Waals surface area contributed by atoms with Crippen LogP contribution in [0.4, 0.5) is 0 Å². The van der Waals surface area contributed by atoms with Gasteiger partial charge >= 0.3 is 5.97 Å². The van der Waals surface area contributed by atoms with Crippen LogP contribution in [0.2, 0.25) is 0 Å². The first-order valence-electron chi connectivity index (χ1n) is 6.42. The molecule has 1 aliphatic rings. The van der Waals surface area contributed by atoms with Crippen molar-refractivity contribution in [3.05, 3.63) is 0 Å². The van der Waals surface area contributed by atoms with Crippen molar-refractivity contribution in [2.75, 3.05) is 26.7 Å². The van der Waals surface area contributed by atoms with Crippen molar-refractivity contribution < 1.29 is 14.7 Å². The van der Waals surface area contributed by atoms with Crippen molar-refractivity contribution in [2.45, 2.75) is 38.3 Å². The molecule has 0 bridgehead atoms. The van der Waals surface area contributed by atoms with E-state index in [-0.39, 0.29) is 12.3 Å². The van der Waals surface area contributed by atoms with Gasteiger partial charge in [-0.05, 0) is 25.9 Å². The molecule has 0 aromatic rings. The summed E-state index contributed by atoms with van der Waals surface area (Å²) in [6, 6.07) is -0.565. The molecule has 1 saturated heterocycles. The topological polar surface area (TPSA) is 86.9 Å². The average molecular weight is 257 g/mol. The molecule has 6 nitrogen and oxygen atoms in total. The van der Waals surface area contributed by atoms with Gasteiger partial charge in [-0.2, -0.15) is 0 Å². The number of hydrogen-bond acceptors (Lipinski definition) is 4. The van der Waals surface area contributed by atoms with Crippen LogP contribution in [-0.4, -0.2) is 65.5 Å². The quantitative estimate of drug-likeness (QED) is 0.684. The van der Waals surface area contributed by atoms with Crippen LogP contribution in [0.15, 0.2) is 0 Å². The number of likely N-dealkylation sites (N-methyl/N-ethyl adjacent to an activating group) is 2. The van der Waals surface area contributed by atoms with Gasteiger partial charge in [-0.15, -0.1) is 0 Å². The lowest BCUT2D eigenvalue weighted by Crippen LogP contribution is -2.47. The van der Waals surface area contributed by atoms with Crippen LogP contribution in [0.3, 0.4) is 0 Å². The van der Waals surface area contributed by atoms with Crippen LogP contribution < -0.4 is 5.73 Å². The van der Waals surface area contributed by atoms with Crippen molar-refractivity contribution in [1.82, 2.24) is 9.80 Å². The van der Waals surface area contributed by atoms with E-state index in [1.807, 2.05) is 0 Å². The smallest absolute Gasteiger partial charge is 0.305 e. The third-order valence-corrected chi connectivity index (χ3v) is 3.48. The van der Waals surface area contributed by atoms with Gasteiger partial charge in [-0.3, -0.25) is 14.5 Å². The molecule has 6 heteroatoms. The molecule has 0 radical (unpaired) electrons. The molecular formula is C12H23N3O3. The Morgan fingerprint density at radius 1 is 1.56 bits per heavy atom. The fourth-order valence-electron chi connectivity index (χ4n) is 2.48. The molecule has 1 aliphatic heterocycles. The number of likely N-dealkylation sites (tertiary alicyclic amines) is 1. The highest BCUT2D eigenvalue weighted by Crippen LogP contribution is 2.17. The number of hydrogen-bond donors (Lipinski definition) is 2. The van der Waals surface area contributed by atoms with E-state index in [0.29, 0.717) is 12.6 Å². The molecule has 0 saturated carbocycles. The molecule has 0 aliphatic carbocycles. The third-order valence-electron chi connectivity index (χ3n) is 3.48. The van der Waals surface area contributed by atoms with Gasteiger partial charge in [0.25, 0.3) is 0 Å². The standard InChI is InChI=1S/C12H23N3O3/c1-3-15-6-4-5-9(15)8-14(2)12(18)10(13)7-11(16)17/h9-10H,3-8,13H2,1-2H3,(H,16,17). The maximum Gasteiger partial charge on any atom is 0.305 e. The van der Waals surface area contributed by atoms with Gasteiger partial charge < -0.3 is 15.7 Å². The summed E-state index contributed by atoms with van der Waals surface area (Å²) in [5.74, 6) is -1.33. The highest BCUT2D eigenvalue weighted by atomic mass is 16.4. The van der Waals surface area contributed by atoms with Gasteiger partial charge in [0.2, 0.25) is 5.91 Å². The summed E-state index contributed by atoms with van der Waals surface area (Å²) in [4.78, 5) is 26.3. The predicted molar refractivity (Wildman–Crippen MR) is 68.1 cm³/mol. The fraction of sp³-hybridized carbons (Fsp3) is 0.833.